The molecule has 2 heterocycles. The maximum atomic E-state index is 5.95. The highest BCUT2D eigenvalue weighted by molar-refractivity contribution is 5.77. The summed E-state index contributed by atoms with van der Waals surface area (Å²) in [6, 6.07) is 8.03. The minimum atomic E-state index is 0.479. The fourth-order valence-electron chi connectivity index (χ4n) is 2.74. The Balaban J connectivity index is 1.41. The topological polar surface area (TPSA) is 104 Å². The number of hydrogen-bond acceptors (Lipinski definition) is 5. The number of nitrogens with one attached hydrogen (secondary N) is 2. The number of nitrogens with two attached hydrogens (primary N) is 1. The molecule has 1 aromatic carbocycles. The molecule has 2 aromatic rings. The summed E-state index contributed by atoms with van der Waals surface area (Å²) in [5, 5.41) is 9.91. The van der Waals surface area contributed by atoms with Gasteiger partial charge in [0.05, 0.1) is 19.8 Å². The highest BCUT2D eigenvalue weighted by atomic mass is 16.5. The summed E-state index contributed by atoms with van der Waals surface area (Å²) < 4.78 is 5.34. The lowest BCUT2D eigenvalue weighted by Gasteiger charge is -2.26. The number of rotatable bonds is 7. The lowest BCUT2D eigenvalue weighted by atomic mass is 10.1. The second-order valence-corrected chi connectivity index (χ2v) is 5.97. The molecule has 1 fully saturated rings. The number of aromatic nitrogens is 3. The van der Waals surface area contributed by atoms with Gasteiger partial charge >= 0.3 is 0 Å². The van der Waals surface area contributed by atoms with Crippen molar-refractivity contribution in [1.29, 1.82) is 0 Å². The average molecular weight is 343 g/mol. The molecule has 0 atom stereocenters. The van der Waals surface area contributed by atoms with E-state index >= 15 is 0 Å². The first-order chi connectivity index (χ1) is 12.3. The standard InChI is InChI=1S/C17H25N7O/c18-17(19-5-2-6-24-7-9-25-10-8-24)20-12-14-3-1-4-15(11-14)16-21-13-22-23-16/h1,3-4,11,13H,2,5-10,12H2,(H3,18,19,20)(H,21,22,23). The van der Waals surface area contributed by atoms with Gasteiger partial charge in [0.1, 0.15) is 6.33 Å². The first kappa shape index (κ1) is 17.4. The number of benzene rings is 1. The van der Waals surface area contributed by atoms with Crippen LogP contribution < -0.4 is 11.1 Å². The number of aliphatic imine (C=N–C) groups is 1. The van der Waals surface area contributed by atoms with Gasteiger partial charge in [0.25, 0.3) is 0 Å². The third-order valence-corrected chi connectivity index (χ3v) is 4.11. The van der Waals surface area contributed by atoms with Crippen LogP contribution in [-0.4, -0.2) is 65.4 Å². The van der Waals surface area contributed by atoms with Crippen LogP contribution in [0.5, 0.6) is 0 Å². The van der Waals surface area contributed by atoms with Gasteiger partial charge in [-0.15, -0.1) is 0 Å². The van der Waals surface area contributed by atoms with Crippen LogP contribution in [0.3, 0.4) is 0 Å². The van der Waals surface area contributed by atoms with Gasteiger partial charge in [0.2, 0.25) is 0 Å². The van der Waals surface area contributed by atoms with Crippen LogP contribution >= 0.6 is 0 Å². The summed E-state index contributed by atoms with van der Waals surface area (Å²) in [7, 11) is 0. The van der Waals surface area contributed by atoms with E-state index in [1.54, 1.807) is 0 Å². The molecule has 0 spiro atoms. The van der Waals surface area contributed by atoms with E-state index in [1.807, 2.05) is 24.3 Å². The SMILES string of the molecule is NC(=NCc1cccc(-c2ncn[nH]2)c1)NCCCN1CCOCC1. The van der Waals surface area contributed by atoms with Crippen molar-refractivity contribution in [2.75, 3.05) is 39.4 Å². The number of nitrogens with zero attached hydrogens (tertiary/aromatic N) is 4. The fraction of sp³-hybridized carbons (Fsp3) is 0.471. The molecule has 8 heteroatoms. The van der Waals surface area contributed by atoms with E-state index in [2.05, 4.69) is 30.4 Å². The van der Waals surface area contributed by atoms with E-state index in [4.69, 9.17) is 10.5 Å². The number of H-pyrrole nitrogens is 1. The largest absolute Gasteiger partial charge is 0.379 e. The molecule has 3 rings (SSSR count). The van der Waals surface area contributed by atoms with E-state index in [0.717, 1.165) is 62.8 Å². The summed E-state index contributed by atoms with van der Waals surface area (Å²) in [4.78, 5) is 11.0. The van der Waals surface area contributed by atoms with Gasteiger partial charge in [-0.1, -0.05) is 18.2 Å². The highest BCUT2D eigenvalue weighted by Crippen LogP contribution is 2.15. The highest BCUT2D eigenvalue weighted by Gasteiger charge is 2.09. The number of aromatic amines is 1. The molecular weight excluding hydrogens is 318 g/mol. The molecule has 0 aliphatic carbocycles. The van der Waals surface area contributed by atoms with E-state index in [1.165, 1.54) is 6.33 Å². The molecule has 1 aliphatic heterocycles. The van der Waals surface area contributed by atoms with Gasteiger partial charge in [0.15, 0.2) is 11.8 Å². The van der Waals surface area contributed by atoms with E-state index in [-0.39, 0.29) is 0 Å². The lowest BCUT2D eigenvalue weighted by molar-refractivity contribution is 0.0376. The first-order valence-electron chi connectivity index (χ1n) is 8.60. The molecule has 0 amide bonds. The quantitative estimate of drug-likeness (QED) is 0.386. The predicted octanol–water partition coefficient (Wildman–Crippen LogP) is 0.598. The maximum Gasteiger partial charge on any atom is 0.188 e. The van der Waals surface area contributed by atoms with Gasteiger partial charge in [-0.05, 0) is 24.6 Å². The van der Waals surface area contributed by atoms with E-state index in [0.29, 0.717) is 12.5 Å². The van der Waals surface area contributed by atoms with Crippen LogP contribution in [0.15, 0.2) is 35.6 Å². The monoisotopic (exact) mass is 343 g/mol. The van der Waals surface area contributed by atoms with Gasteiger partial charge in [0, 0.05) is 25.2 Å². The first-order valence-corrected chi connectivity index (χ1v) is 8.60. The van der Waals surface area contributed by atoms with Crippen LogP contribution in [0.1, 0.15) is 12.0 Å². The summed E-state index contributed by atoms with van der Waals surface area (Å²) in [6.07, 6.45) is 2.54. The van der Waals surface area contributed by atoms with Crippen LogP contribution in [0, 0.1) is 0 Å². The Morgan fingerprint density at radius 1 is 1.36 bits per heavy atom. The van der Waals surface area contributed by atoms with E-state index in [9.17, 15) is 0 Å². The van der Waals surface area contributed by atoms with Crippen molar-refractivity contribution >= 4 is 5.96 Å². The molecule has 134 valence electrons. The Morgan fingerprint density at radius 2 is 2.24 bits per heavy atom. The average Bonchev–Trinajstić information content (AvgIpc) is 3.19. The normalized spacial score (nSPS) is 16.1. The fourth-order valence-corrected chi connectivity index (χ4v) is 2.74. The Hall–Kier alpha value is -2.45. The molecule has 8 nitrogen and oxygen atoms in total. The van der Waals surface area contributed by atoms with E-state index < -0.39 is 0 Å². The van der Waals surface area contributed by atoms with Crippen molar-refractivity contribution in [3.05, 3.63) is 36.2 Å². The second kappa shape index (κ2) is 9.14. The van der Waals surface area contributed by atoms with Crippen LogP contribution in [0.2, 0.25) is 0 Å². The number of morpholine rings is 1. The van der Waals surface area contributed by atoms with Crippen molar-refractivity contribution in [3.8, 4) is 11.4 Å². The zero-order valence-corrected chi connectivity index (χ0v) is 14.3. The Labute approximate surface area is 147 Å². The number of ether oxygens (including phenoxy) is 1. The molecule has 25 heavy (non-hydrogen) atoms. The van der Waals surface area contributed by atoms with Crippen molar-refractivity contribution in [3.63, 3.8) is 0 Å². The Morgan fingerprint density at radius 3 is 3.04 bits per heavy atom. The molecule has 1 aromatic heterocycles. The Kier molecular flexibility index (Phi) is 6.35. The molecule has 4 N–H and O–H groups in total. The zero-order valence-electron chi connectivity index (χ0n) is 14.3. The third kappa shape index (κ3) is 5.54. The Bertz CT molecular complexity index is 665. The van der Waals surface area contributed by atoms with Crippen molar-refractivity contribution in [1.82, 2.24) is 25.4 Å². The molecule has 0 bridgehead atoms. The molecule has 0 unspecified atom stereocenters. The third-order valence-electron chi connectivity index (χ3n) is 4.11. The zero-order chi connectivity index (χ0) is 17.3. The number of guanidine groups is 1. The summed E-state index contributed by atoms with van der Waals surface area (Å²) in [6.45, 7) is 6.13. The maximum absolute atomic E-state index is 5.95. The van der Waals surface area contributed by atoms with Crippen LogP contribution in [-0.2, 0) is 11.3 Å². The minimum Gasteiger partial charge on any atom is -0.379 e. The summed E-state index contributed by atoms with van der Waals surface area (Å²) in [5.74, 6) is 1.23. The molecule has 1 saturated heterocycles. The van der Waals surface area contributed by atoms with Crippen LogP contribution in [0.25, 0.3) is 11.4 Å². The lowest BCUT2D eigenvalue weighted by Crippen LogP contribution is -2.39. The second-order valence-electron chi connectivity index (χ2n) is 5.97. The van der Waals surface area contributed by atoms with Crippen molar-refractivity contribution in [2.45, 2.75) is 13.0 Å². The molecule has 0 radical (unpaired) electrons. The molecule has 0 saturated carbocycles. The summed E-state index contributed by atoms with van der Waals surface area (Å²) >= 11 is 0. The number of hydrogen-bond donors (Lipinski definition) is 3. The predicted molar refractivity (Wildman–Crippen MR) is 97.0 cm³/mol. The summed E-state index contributed by atoms with van der Waals surface area (Å²) in [5.41, 5.74) is 8.01. The minimum absolute atomic E-state index is 0.479. The molecule has 1 aliphatic rings. The van der Waals surface area contributed by atoms with Gasteiger partial charge in [-0.25, -0.2) is 9.98 Å². The van der Waals surface area contributed by atoms with Crippen molar-refractivity contribution < 1.29 is 4.74 Å². The van der Waals surface area contributed by atoms with Crippen LogP contribution in [0.4, 0.5) is 0 Å². The van der Waals surface area contributed by atoms with Gasteiger partial charge in [-0.3, -0.25) is 10.00 Å². The van der Waals surface area contributed by atoms with Gasteiger partial charge < -0.3 is 15.8 Å². The molecular formula is C17H25N7O. The smallest absolute Gasteiger partial charge is 0.188 e. The van der Waals surface area contributed by atoms with Crippen molar-refractivity contribution in [2.24, 2.45) is 10.7 Å². The van der Waals surface area contributed by atoms with Gasteiger partial charge in [-0.2, -0.15) is 5.10 Å².